The van der Waals surface area contributed by atoms with Gasteiger partial charge in [0.2, 0.25) is 5.91 Å². The van der Waals surface area contributed by atoms with Crippen molar-refractivity contribution in [2.75, 3.05) is 19.8 Å². The van der Waals surface area contributed by atoms with Gasteiger partial charge in [-0.05, 0) is 0 Å². The summed E-state index contributed by atoms with van der Waals surface area (Å²) in [6.45, 7) is 2.37. The summed E-state index contributed by atoms with van der Waals surface area (Å²) in [5.74, 6) is 4.41. The molecule has 0 saturated carbocycles. The minimum Gasteiger partial charge on any atom is -0.485 e. The quantitative estimate of drug-likeness (QED) is 0.759. The molecule has 0 radical (unpaired) electrons. The Kier molecular flexibility index (Phi) is 2.88. The molecule has 1 aromatic rings. The lowest BCUT2D eigenvalue weighted by Crippen LogP contribution is -2.24. The van der Waals surface area contributed by atoms with Crippen molar-refractivity contribution in [2.24, 2.45) is 5.92 Å². The third kappa shape index (κ3) is 1.93. The number of terminal acetylenes is 1. The van der Waals surface area contributed by atoms with Crippen molar-refractivity contribution >= 4 is 17.2 Å². The zero-order chi connectivity index (χ0) is 12.5. The number of amides is 1. The Morgan fingerprint density at radius 1 is 1.50 bits per heavy atom. The van der Waals surface area contributed by atoms with Crippen molar-refractivity contribution in [3.05, 3.63) is 10.3 Å². The zero-order valence-electron chi connectivity index (χ0n) is 9.85. The van der Waals surface area contributed by atoms with E-state index in [-0.39, 0.29) is 11.8 Å². The van der Waals surface area contributed by atoms with Crippen molar-refractivity contribution in [3.63, 3.8) is 0 Å². The van der Waals surface area contributed by atoms with Gasteiger partial charge in [0.05, 0.1) is 11.4 Å². The van der Waals surface area contributed by atoms with Crippen LogP contribution >= 0.6 is 11.3 Å². The maximum atomic E-state index is 11.8. The van der Waals surface area contributed by atoms with Crippen LogP contribution in [0.15, 0.2) is 5.38 Å². The highest BCUT2D eigenvalue weighted by molar-refractivity contribution is 7.10. The minimum atomic E-state index is 0.0467. The molecule has 5 heteroatoms. The Balaban J connectivity index is 1.75. The van der Waals surface area contributed by atoms with Gasteiger partial charge in [0.15, 0.2) is 11.5 Å². The van der Waals surface area contributed by atoms with E-state index in [1.165, 1.54) is 0 Å². The molecule has 3 heterocycles. The summed E-state index contributed by atoms with van der Waals surface area (Å²) in [6.07, 6.45) is 5.83. The first kappa shape index (κ1) is 11.4. The summed E-state index contributed by atoms with van der Waals surface area (Å²) in [4.78, 5) is 14.6. The van der Waals surface area contributed by atoms with E-state index in [0.717, 1.165) is 16.4 Å². The van der Waals surface area contributed by atoms with Gasteiger partial charge in [-0.2, -0.15) is 0 Å². The second-order valence-corrected chi connectivity index (χ2v) is 5.36. The third-order valence-corrected chi connectivity index (χ3v) is 4.09. The molecular formula is C13H13NO3S. The van der Waals surface area contributed by atoms with Gasteiger partial charge < -0.3 is 14.4 Å². The summed E-state index contributed by atoms with van der Waals surface area (Å²) in [5.41, 5.74) is 0. The van der Waals surface area contributed by atoms with Crippen LogP contribution in [0.2, 0.25) is 0 Å². The number of thiophene rings is 1. The summed E-state index contributed by atoms with van der Waals surface area (Å²) >= 11 is 1.57. The average Bonchev–Trinajstić information content (AvgIpc) is 2.95. The van der Waals surface area contributed by atoms with Gasteiger partial charge in [-0.3, -0.25) is 4.79 Å². The number of ether oxygens (including phenoxy) is 2. The lowest BCUT2D eigenvalue weighted by molar-refractivity contribution is -0.128. The number of carbonyl (C=O) groups excluding carboxylic acids is 1. The smallest absolute Gasteiger partial charge is 0.224 e. The van der Waals surface area contributed by atoms with E-state index in [4.69, 9.17) is 15.9 Å². The number of carbonyl (C=O) groups is 1. The predicted molar refractivity (Wildman–Crippen MR) is 67.7 cm³/mol. The molecule has 1 saturated heterocycles. The van der Waals surface area contributed by atoms with E-state index in [0.29, 0.717) is 32.7 Å². The Hall–Kier alpha value is -1.67. The van der Waals surface area contributed by atoms with Gasteiger partial charge >= 0.3 is 0 Å². The van der Waals surface area contributed by atoms with Gasteiger partial charge in [0.25, 0.3) is 0 Å². The molecule has 0 bridgehead atoms. The molecule has 1 atom stereocenters. The number of rotatable bonds is 2. The molecule has 1 fully saturated rings. The van der Waals surface area contributed by atoms with Crippen LogP contribution in [-0.4, -0.2) is 30.6 Å². The van der Waals surface area contributed by atoms with Crippen LogP contribution in [0, 0.1) is 18.3 Å². The van der Waals surface area contributed by atoms with Crippen LogP contribution in [0.4, 0.5) is 0 Å². The summed E-state index contributed by atoms with van der Waals surface area (Å²) < 4.78 is 11.1. The molecule has 0 aromatic carbocycles. The fraction of sp³-hybridized carbons (Fsp3) is 0.462. The first-order chi connectivity index (χ1) is 8.78. The summed E-state index contributed by atoms with van der Waals surface area (Å²) in [7, 11) is 0. The molecule has 1 amide bonds. The standard InChI is InChI=1S/C13H13NO3S/c1-2-9-5-12(15)14(6-9)7-11-13-10(8-18-11)16-3-4-17-13/h1,8-9H,3-7H2. The highest BCUT2D eigenvalue weighted by atomic mass is 32.1. The molecule has 1 aromatic heterocycles. The maximum absolute atomic E-state index is 11.8. The van der Waals surface area contributed by atoms with Gasteiger partial charge in [-0.25, -0.2) is 0 Å². The number of fused-ring (bicyclic) bond motifs is 1. The Bertz CT molecular complexity index is 517. The van der Waals surface area contributed by atoms with E-state index >= 15 is 0 Å². The molecule has 4 nitrogen and oxygen atoms in total. The van der Waals surface area contributed by atoms with Gasteiger partial charge in [-0.15, -0.1) is 23.7 Å². The number of likely N-dealkylation sites (tertiary alicyclic amines) is 1. The van der Waals surface area contributed by atoms with Crippen LogP contribution in [0.25, 0.3) is 0 Å². The first-order valence-corrected chi connectivity index (χ1v) is 6.75. The molecular weight excluding hydrogens is 250 g/mol. The fourth-order valence-corrected chi connectivity index (χ4v) is 3.16. The molecule has 0 N–H and O–H groups in total. The van der Waals surface area contributed by atoms with Crippen molar-refractivity contribution < 1.29 is 14.3 Å². The van der Waals surface area contributed by atoms with Crippen molar-refractivity contribution in [3.8, 4) is 23.8 Å². The fourth-order valence-electron chi connectivity index (χ4n) is 2.23. The number of hydrogen-bond acceptors (Lipinski definition) is 4. The van der Waals surface area contributed by atoms with Gasteiger partial charge in [-0.1, -0.05) is 0 Å². The largest absolute Gasteiger partial charge is 0.485 e. The molecule has 18 heavy (non-hydrogen) atoms. The zero-order valence-corrected chi connectivity index (χ0v) is 10.7. The molecule has 3 rings (SSSR count). The SMILES string of the molecule is C#CC1CC(=O)N(Cc2scc3c2OCCO3)C1. The van der Waals surface area contributed by atoms with Gasteiger partial charge in [0, 0.05) is 24.3 Å². The van der Waals surface area contributed by atoms with E-state index in [1.54, 1.807) is 16.2 Å². The van der Waals surface area contributed by atoms with Crippen molar-refractivity contribution in [2.45, 2.75) is 13.0 Å². The van der Waals surface area contributed by atoms with Crippen LogP contribution in [0.3, 0.4) is 0 Å². The predicted octanol–water partition coefficient (Wildman–Crippen LogP) is 1.50. The van der Waals surface area contributed by atoms with Crippen LogP contribution in [0.5, 0.6) is 11.5 Å². The lowest BCUT2D eigenvalue weighted by atomic mass is 10.1. The normalized spacial score (nSPS) is 22.1. The molecule has 0 spiro atoms. The van der Waals surface area contributed by atoms with E-state index in [2.05, 4.69) is 5.92 Å². The van der Waals surface area contributed by atoms with Crippen molar-refractivity contribution in [1.29, 1.82) is 0 Å². The second-order valence-electron chi connectivity index (χ2n) is 4.39. The second kappa shape index (κ2) is 4.54. The summed E-state index contributed by atoms with van der Waals surface area (Å²) in [6, 6.07) is 0. The van der Waals surface area contributed by atoms with E-state index in [1.807, 2.05) is 5.38 Å². The minimum absolute atomic E-state index is 0.0467. The van der Waals surface area contributed by atoms with Crippen LogP contribution < -0.4 is 9.47 Å². The topological polar surface area (TPSA) is 38.8 Å². The molecule has 94 valence electrons. The highest BCUT2D eigenvalue weighted by Gasteiger charge is 2.30. The average molecular weight is 263 g/mol. The monoisotopic (exact) mass is 263 g/mol. The van der Waals surface area contributed by atoms with E-state index < -0.39 is 0 Å². The molecule has 0 aliphatic carbocycles. The van der Waals surface area contributed by atoms with Gasteiger partial charge in [0.1, 0.15) is 13.2 Å². The first-order valence-electron chi connectivity index (χ1n) is 5.88. The number of hydrogen-bond donors (Lipinski definition) is 0. The van der Waals surface area contributed by atoms with E-state index in [9.17, 15) is 4.79 Å². The van der Waals surface area contributed by atoms with Crippen molar-refractivity contribution in [1.82, 2.24) is 4.90 Å². The van der Waals surface area contributed by atoms with Crippen LogP contribution in [-0.2, 0) is 11.3 Å². The Labute approximate surface area is 109 Å². The number of nitrogens with zero attached hydrogens (tertiary/aromatic N) is 1. The molecule has 2 aliphatic heterocycles. The van der Waals surface area contributed by atoms with Crippen LogP contribution in [0.1, 0.15) is 11.3 Å². The Morgan fingerprint density at radius 3 is 3.11 bits per heavy atom. The highest BCUT2D eigenvalue weighted by Crippen LogP contribution is 2.40. The molecule has 2 aliphatic rings. The summed E-state index contributed by atoms with van der Waals surface area (Å²) in [5, 5.41) is 1.93. The molecule has 1 unspecified atom stereocenters. The maximum Gasteiger partial charge on any atom is 0.224 e. The lowest BCUT2D eigenvalue weighted by Gasteiger charge is -2.19. The third-order valence-electron chi connectivity index (χ3n) is 3.16. The Morgan fingerprint density at radius 2 is 2.33 bits per heavy atom.